The van der Waals surface area contributed by atoms with Gasteiger partial charge < -0.3 is 14.3 Å². The number of benzene rings is 1. The van der Waals surface area contributed by atoms with Crippen LogP contribution in [0.1, 0.15) is 32.3 Å². The molecule has 1 aromatic carbocycles. The van der Waals surface area contributed by atoms with Gasteiger partial charge in [0.15, 0.2) is 0 Å². The van der Waals surface area contributed by atoms with Crippen molar-refractivity contribution < 1.29 is 4.42 Å². The molecule has 4 heteroatoms. The van der Waals surface area contributed by atoms with Crippen LogP contribution in [0.4, 0.5) is 0 Å². The SMILES string of the molecule is CC(C)(C)NCc1ccc(Cn2cnc3ccccc32)o1. The quantitative estimate of drug-likeness (QED) is 0.796. The van der Waals surface area contributed by atoms with Crippen molar-refractivity contribution >= 4 is 11.0 Å². The minimum Gasteiger partial charge on any atom is -0.463 e. The Kier molecular flexibility index (Phi) is 3.55. The van der Waals surface area contributed by atoms with Crippen molar-refractivity contribution in [2.75, 3.05) is 0 Å². The summed E-state index contributed by atoms with van der Waals surface area (Å²) >= 11 is 0. The molecular weight excluding hydrogens is 262 g/mol. The predicted octanol–water partition coefficient (Wildman–Crippen LogP) is 3.57. The van der Waals surface area contributed by atoms with E-state index in [1.807, 2.05) is 36.7 Å². The van der Waals surface area contributed by atoms with Gasteiger partial charge in [-0.05, 0) is 45.0 Å². The molecule has 3 aromatic rings. The van der Waals surface area contributed by atoms with Gasteiger partial charge in [0.2, 0.25) is 0 Å². The van der Waals surface area contributed by atoms with Gasteiger partial charge in [0.25, 0.3) is 0 Å². The molecule has 0 fully saturated rings. The molecule has 0 radical (unpaired) electrons. The minimum absolute atomic E-state index is 0.0908. The molecule has 0 unspecified atom stereocenters. The summed E-state index contributed by atoms with van der Waals surface area (Å²) in [5, 5.41) is 3.43. The number of nitrogens with one attached hydrogen (secondary N) is 1. The van der Waals surface area contributed by atoms with E-state index in [0.29, 0.717) is 6.54 Å². The molecule has 4 nitrogen and oxygen atoms in total. The molecule has 0 amide bonds. The molecule has 3 rings (SSSR count). The molecule has 21 heavy (non-hydrogen) atoms. The zero-order chi connectivity index (χ0) is 14.9. The van der Waals surface area contributed by atoms with Crippen LogP contribution in [-0.2, 0) is 13.1 Å². The summed E-state index contributed by atoms with van der Waals surface area (Å²) in [6, 6.07) is 12.2. The van der Waals surface area contributed by atoms with Gasteiger partial charge in [-0.1, -0.05) is 12.1 Å². The van der Waals surface area contributed by atoms with Gasteiger partial charge >= 0.3 is 0 Å². The number of rotatable bonds is 4. The van der Waals surface area contributed by atoms with Crippen molar-refractivity contribution in [3.8, 4) is 0 Å². The highest BCUT2D eigenvalue weighted by atomic mass is 16.3. The summed E-state index contributed by atoms with van der Waals surface area (Å²) in [5.74, 6) is 1.91. The summed E-state index contributed by atoms with van der Waals surface area (Å²) < 4.78 is 8.00. The third-order valence-electron chi connectivity index (χ3n) is 3.36. The fraction of sp³-hybridized carbons (Fsp3) is 0.353. The second-order valence-electron chi connectivity index (χ2n) is 6.33. The van der Waals surface area contributed by atoms with Crippen molar-refractivity contribution in [1.82, 2.24) is 14.9 Å². The summed E-state index contributed by atoms with van der Waals surface area (Å²) in [4.78, 5) is 4.40. The van der Waals surface area contributed by atoms with Crippen LogP contribution in [0.15, 0.2) is 47.1 Å². The fourth-order valence-corrected chi connectivity index (χ4v) is 2.26. The zero-order valence-corrected chi connectivity index (χ0v) is 12.8. The molecule has 0 aliphatic heterocycles. The Morgan fingerprint density at radius 2 is 1.86 bits per heavy atom. The maximum Gasteiger partial charge on any atom is 0.124 e. The van der Waals surface area contributed by atoms with E-state index >= 15 is 0 Å². The molecule has 0 saturated carbocycles. The van der Waals surface area contributed by atoms with Crippen LogP contribution < -0.4 is 5.32 Å². The number of nitrogens with zero attached hydrogens (tertiary/aromatic N) is 2. The van der Waals surface area contributed by atoms with Crippen LogP contribution in [0.3, 0.4) is 0 Å². The Morgan fingerprint density at radius 1 is 1.10 bits per heavy atom. The lowest BCUT2D eigenvalue weighted by molar-refractivity contribution is 0.376. The third kappa shape index (κ3) is 3.34. The molecule has 2 heterocycles. The number of aromatic nitrogens is 2. The summed E-state index contributed by atoms with van der Waals surface area (Å²) in [6.45, 7) is 7.89. The highest BCUT2D eigenvalue weighted by Gasteiger charge is 2.11. The normalized spacial score (nSPS) is 12.1. The molecule has 0 saturated heterocycles. The number of fused-ring (bicyclic) bond motifs is 1. The summed E-state index contributed by atoms with van der Waals surface area (Å²) in [5.41, 5.74) is 2.23. The van der Waals surface area contributed by atoms with Crippen LogP contribution in [0, 0.1) is 0 Å². The van der Waals surface area contributed by atoms with E-state index in [0.717, 1.165) is 29.1 Å². The van der Waals surface area contributed by atoms with Gasteiger partial charge in [-0.25, -0.2) is 4.98 Å². The van der Waals surface area contributed by atoms with E-state index in [1.165, 1.54) is 0 Å². The first-order chi connectivity index (χ1) is 10.0. The van der Waals surface area contributed by atoms with Crippen LogP contribution in [0.5, 0.6) is 0 Å². The fourth-order valence-electron chi connectivity index (χ4n) is 2.26. The lowest BCUT2D eigenvalue weighted by Gasteiger charge is -2.19. The molecule has 2 aromatic heterocycles. The van der Waals surface area contributed by atoms with Crippen molar-refractivity contribution in [3.63, 3.8) is 0 Å². The minimum atomic E-state index is 0.0908. The van der Waals surface area contributed by atoms with E-state index in [9.17, 15) is 0 Å². The molecule has 0 aliphatic carbocycles. The summed E-state index contributed by atoms with van der Waals surface area (Å²) in [7, 11) is 0. The van der Waals surface area contributed by atoms with Crippen LogP contribution >= 0.6 is 0 Å². The molecule has 0 bridgehead atoms. The molecule has 110 valence electrons. The Balaban J connectivity index is 1.72. The molecular formula is C17H21N3O. The monoisotopic (exact) mass is 283 g/mol. The van der Waals surface area contributed by atoms with Crippen molar-refractivity contribution in [2.24, 2.45) is 0 Å². The average Bonchev–Trinajstić information content (AvgIpc) is 3.04. The Labute approximate surface area is 124 Å². The predicted molar refractivity (Wildman–Crippen MR) is 84.1 cm³/mol. The van der Waals surface area contributed by atoms with E-state index in [4.69, 9.17) is 4.42 Å². The van der Waals surface area contributed by atoms with Gasteiger partial charge in [0, 0.05) is 5.54 Å². The summed E-state index contributed by atoms with van der Waals surface area (Å²) in [6.07, 6.45) is 1.86. The van der Waals surface area contributed by atoms with Gasteiger partial charge in [-0.2, -0.15) is 0 Å². The van der Waals surface area contributed by atoms with Crippen LogP contribution in [0.2, 0.25) is 0 Å². The van der Waals surface area contributed by atoms with Gasteiger partial charge in [-0.15, -0.1) is 0 Å². The molecule has 0 aliphatic rings. The van der Waals surface area contributed by atoms with E-state index < -0.39 is 0 Å². The second-order valence-corrected chi connectivity index (χ2v) is 6.33. The smallest absolute Gasteiger partial charge is 0.124 e. The van der Waals surface area contributed by atoms with E-state index in [1.54, 1.807) is 0 Å². The third-order valence-corrected chi connectivity index (χ3v) is 3.36. The molecule has 0 spiro atoms. The first-order valence-corrected chi connectivity index (χ1v) is 7.24. The van der Waals surface area contributed by atoms with Crippen molar-refractivity contribution in [2.45, 2.75) is 39.4 Å². The van der Waals surface area contributed by atoms with E-state index in [2.05, 4.69) is 41.7 Å². The Hall–Kier alpha value is -2.07. The molecule has 0 atom stereocenters. The molecule has 1 N–H and O–H groups in total. The lowest BCUT2D eigenvalue weighted by atomic mass is 10.1. The van der Waals surface area contributed by atoms with E-state index in [-0.39, 0.29) is 5.54 Å². The lowest BCUT2D eigenvalue weighted by Crippen LogP contribution is -2.34. The largest absolute Gasteiger partial charge is 0.463 e. The van der Waals surface area contributed by atoms with Gasteiger partial charge in [-0.3, -0.25) is 0 Å². The maximum absolute atomic E-state index is 5.89. The topological polar surface area (TPSA) is 43.0 Å². The first-order valence-electron chi connectivity index (χ1n) is 7.24. The number of hydrogen-bond donors (Lipinski definition) is 1. The second kappa shape index (κ2) is 5.37. The standard InChI is InChI=1S/C17H21N3O/c1-17(2,3)19-10-13-8-9-14(21-13)11-20-12-18-15-6-4-5-7-16(15)20/h4-9,12,19H,10-11H2,1-3H3. The Morgan fingerprint density at radius 3 is 2.67 bits per heavy atom. The van der Waals surface area contributed by atoms with Crippen molar-refractivity contribution in [3.05, 3.63) is 54.2 Å². The highest BCUT2D eigenvalue weighted by molar-refractivity contribution is 5.74. The number of furan rings is 1. The maximum atomic E-state index is 5.89. The number of para-hydroxylation sites is 2. The number of hydrogen-bond acceptors (Lipinski definition) is 3. The van der Waals surface area contributed by atoms with Crippen LogP contribution in [0.25, 0.3) is 11.0 Å². The highest BCUT2D eigenvalue weighted by Crippen LogP contribution is 2.16. The number of imidazole rings is 1. The Bertz CT molecular complexity index is 734. The van der Waals surface area contributed by atoms with Crippen LogP contribution in [-0.4, -0.2) is 15.1 Å². The average molecular weight is 283 g/mol. The zero-order valence-electron chi connectivity index (χ0n) is 12.8. The van der Waals surface area contributed by atoms with Gasteiger partial charge in [0.05, 0.1) is 30.5 Å². The van der Waals surface area contributed by atoms with Crippen molar-refractivity contribution in [1.29, 1.82) is 0 Å². The first kappa shape index (κ1) is 13.9. The van der Waals surface area contributed by atoms with Gasteiger partial charge in [0.1, 0.15) is 11.5 Å².